The second-order valence-electron chi connectivity index (χ2n) is 15.4. The number of carbonyl (C=O) groups is 2. The van der Waals surface area contributed by atoms with Crippen molar-refractivity contribution >= 4 is 30.5 Å². The van der Waals surface area contributed by atoms with Crippen LogP contribution in [0.4, 0.5) is 0 Å². The maximum Gasteiger partial charge on any atom is 0.306 e. The zero-order chi connectivity index (χ0) is 37.2. The number of hydrogen-bond donors (Lipinski definition) is 0. The lowest BCUT2D eigenvalue weighted by molar-refractivity contribution is -0.870. The van der Waals surface area contributed by atoms with Crippen molar-refractivity contribution in [3.63, 3.8) is 0 Å². The van der Waals surface area contributed by atoms with Crippen LogP contribution >= 0.6 is 6.72 Å². The smallest absolute Gasteiger partial charge is 0.306 e. The van der Waals surface area contributed by atoms with Gasteiger partial charge in [0.25, 0.3) is 0 Å². The average Bonchev–Trinajstić information content (AvgIpc) is 3.06. The van der Waals surface area contributed by atoms with Crippen LogP contribution in [0, 0.1) is 0 Å². The number of nitrogens with zero attached hydrogens (tertiary/aromatic N) is 1. The molecule has 0 aromatic heterocycles. The number of esters is 2. The highest BCUT2D eigenvalue weighted by Gasteiger charge is 2.20. The molecular formula is C40H80NO7PS. The van der Waals surface area contributed by atoms with E-state index < -0.39 is 12.8 Å². The average molecular weight is 750 g/mol. The zero-order valence-corrected chi connectivity index (χ0v) is 35.1. The molecule has 8 nitrogen and oxygen atoms in total. The Kier molecular flexibility index (Phi) is 33.8. The van der Waals surface area contributed by atoms with Gasteiger partial charge < -0.3 is 27.9 Å². The third-order valence-corrected chi connectivity index (χ3v) is 10.7. The Morgan fingerprint density at radius 1 is 0.560 bits per heavy atom. The van der Waals surface area contributed by atoms with Crippen LogP contribution in [0.5, 0.6) is 0 Å². The van der Waals surface area contributed by atoms with Gasteiger partial charge in [-0.3, -0.25) is 9.59 Å². The molecule has 0 saturated carbocycles. The molecule has 298 valence electrons. The summed E-state index contributed by atoms with van der Waals surface area (Å²) in [7, 11) is 5.99. The number of likely N-dealkylation sites (N-methyl/N-ethyl adjacent to an activating group) is 1. The summed E-state index contributed by atoms with van der Waals surface area (Å²) in [5, 5.41) is 0. The molecule has 0 aliphatic heterocycles. The van der Waals surface area contributed by atoms with Crippen molar-refractivity contribution in [1.29, 1.82) is 0 Å². The van der Waals surface area contributed by atoms with E-state index in [0.29, 0.717) is 17.4 Å². The maximum atomic E-state index is 12.7. The van der Waals surface area contributed by atoms with Crippen molar-refractivity contribution in [2.24, 2.45) is 0 Å². The number of carbonyl (C=O) groups excluding carboxylic acids is 2. The van der Waals surface area contributed by atoms with Gasteiger partial charge in [0.1, 0.15) is 26.5 Å². The van der Waals surface area contributed by atoms with Gasteiger partial charge in [-0.1, -0.05) is 180 Å². The fourth-order valence-electron chi connectivity index (χ4n) is 5.83. The molecule has 10 heteroatoms. The normalized spacial score (nSPS) is 13.6. The number of hydrogen-bond acceptors (Lipinski definition) is 8. The number of unbranched alkanes of at least 4 members (excludes halogenated alkanes) is 24. The number of rotatable bonds is 38. The van der Waals surface area contributed by atoms with Crippen molar-refractivity contribution in [1.82, 2.24) is 0 Å². The highest BCUT2D eigenvalue weighted by atomic mass is 32.5. The largest absolute Gasteiger partial charge is 0.780 e. The van der Waals surface area contributed by atoms with Crippen molar-refractivity contribution < 1.29 is 37.5 Å². The third kappa shape index (κ3) is 37.2. The van der Waals surface area contributed by atoms with Crippen molar-refractivity contribution in [3.05, 3.63) is 0 Å². The van der Waals surface area contributed by atoms with E-state index in [1.165, 1.54) is 128 Å². The molecule has 0 bridgehead atoms. The molecule has 50 heavy (non-hydrogen) atoms. The molecule has 0 heterocycles. The third-order valence-electron chi connectivity index (χ3n) is 9.13. The second-order valence-corrected chi connectivity index (χ2v) is 18.1. The SMILES string of the molecule is CCCCCCCCCCCCCCCC(=O)OCC(COP([O-])(=S)OCC[N+](C)(C)C)OC(=O)CCCCCCCCCCCCCCC. The predicted octanol–water partition coefficient (Wildman–Crippen LogP) is 10.7. The van der Waals surface area contributed by atoms with Crippen LogP contribution in [0.25, 0.3) is 0 Å². The van der Waals surface area contributed by atoms with Gasteiger partial charge in [0.05, 0.1) is 27.7 Å². The molecule has 0 amide bonds. The summed E-state index contributed by atoms with van der Waals surface area (Å²) in [6.45, 7) is 1.12. The summed E-state index contributed by atoms with van der Waals surface area (Å²) in [4.78, 5) is 37.8. The van der Waals surface area contributed by atoms with Crippen LogP contribution < -0.4 is 4.89 Å². The van der Waals surface area contributed by atoms with E-state index >= 15 is 0 Å². The van der Waals surface area contributed by atoms with Crippen LogP contribution in [-0.4, -0.2) is 70.0 Å². The fourth-order valence-corrected chi connectivity index (χ4v) is 6.97. The van der Waals surface area contributed by atoms with E-state index in [-0.39, 0.29) is 38.2 Å². The Morgan fingerprint density at radius 3 is 1.30 bits per heavy atom. The van der Waals surface area contributed by atoms with E-state index in [2.05, 4.69) is 13.8 Å². The Balaban J connectivity index is 4.36. The zero-order valence-electron chi connectivity index (χ0n) is 33.4. The summed E-state index contributed by atoms with van der Waals surface area (Å²) in [6, 6.07) is 0. The lowest BCUT2D eigenvalue weighted by atomic mass is 10.0. The van der Waals surface area contributed by atoms with Crippen LogP contribution in [0.1, 0.15) is 194 Å². The molecule has 0 aliphatic carbocycles. The minimum absolute atomic E-state index is 0.157. The molecular weight excluding hydrogens is 669 g/mol. The minimum atomic E-state index is -3.78. The summed E-state index contributed by atoms with van der Waals surface area (Å²) >= 11 is 5.06. The van der Waals surface area contributed by atoms with E-state index in [9.17, 15) is 14.5 Å². The lowest BCUT2D eigenvalue weighted by Crippen LogP contribution is -2.37. The highest BCUT2D eigenvalue weighted by Crippen LogP contribution is 2.38. The molecule has 0 aliphatic rings. The standard InChI is InChI=1S/C40H80NO7PS/c1-6-8-10-12-14-16-18-20-22-24-26-28-30-32-39(42)45-36-38(37-47-49(44,50)46-35-34-41(3,4)5)48-40(43)33-31-29-27-25-23-21-19-17-15-13-11-9-7-2/h38H,6-37H2,1-5H3. The van der Waals surface area contributed by atoms with E-state index in [0.717, 1.165) is 38.5 Å². The molecule has 2 atom stereocenters. The van der Waals surface area contributed by atoms with Crippen LogP contribution in [-0.2, 0) is 39.9 Å². The molecule has 0 fully saturated rings. The first kappa shape index (κ1) is 49.4. The highest BCUT2D eigenvalue weighted by molar-refractivity contribution is 8.06. The summed E-state index contributed by atoms with van der Waals surface area (Å²) in [5.74, 6) is -0.703. The van der Waals surface area contributed by atoms with Gasteiger partial charge in [-0.05, 0) is 12.8 Å². The Morgan fingerprint density at radius 2 is 0.920 bits per heavy atom. The van der Waals surface area contributed by atoms with Crippen LogP contribution in [0.2, 0.25) is 0 Å². The first-order valence-corrected chi connectivity index (χ1v) is 23.3. The molecule has 0 rings (SSSR count). The van der Waals surface area contributed by atoms with Gasteiger partial charge in [-0.25, -0.2) is 0 Å². The van der Waals surface area contributed by atoms with Crippen molar-refractivity contribution in [2.45, 2.75) is 200 Å². The van der Waals surface area contributed by atoms with Gasteiger partial charge in [0.15, 0.2) is 6.10 Å². The topological polar surface area (TPSA) is 94.1 Å². The van der Waals surface area contributed by atoms with Gasteiger partial charge in [0.2, 0.25) is 0 Å². The molecule has 2 unspecified atom stereocenters. The molecule has 0 N–H and O–H groups in total. The quantitative estimate of drug-likeness (QED) is 0.0267. The van der Waals surface area contributed by atoms with Crippen LogP contribution in [0.3, 0.4) is 0 Å². The van der Waals surface area contributed by atoms with Gasteiger partial charge >= 0.3 is 11.9 Å². The number of ether oxygens (including phenoxy) is 2. The monoisotopic (exact) mass is 750 g/mol. The molecule has 0 aromatic carbocycles. The van der Waals surface area contributed by atoms with Crippen molar-refractivity contribution in [2.75, 3.05) is 47.5 Å². The lowest BCUT2D eigenvalue weighted by Gasteiger charge is -2.31. The Hall–Kier alpha value is -0.570. The molecule has 0 saturated heterocycles. The molecule has 0 radical (unpaired) electrons. The first-order valence-electron chi connectivity index (χ1n) is 20.7. The van der Waals surface area contributed by atoms with Crippen LogP contribution in [0.15, 0.2) is 0 Å². The first-order chi connectivity index (χ1) is 24.0. The maximum absolute atomic E-state index is 12.7. The van der Waals surface area contributed by atoms with Crippen molar-refractivity contribution in [3.8, 4) is 0 Å². The summed E-state index contributed by atoms with van der Waals surface area (Å²) < 4.78 is 22.5. The van der Waals surface area contributed by atoms with Gasteiger partial charge in [0, 0.05) is 12.8 Å². The summed E-state index contributed by atoms with van der Waals surface area (Å²) in [5.41, 5.74) is 0. The minimum Gasteiger partial charge on any atom is -0.780 e. The second kappa shape index (κ2) is 34.2. The van der Waals surface area contributed by atoms with E-state index in [4.69, 9.17) is 30.3 Å². The fraction of sp³-hybridized carbons (Fsp3) is 0.950. The molecule has 0 spiro atoms. The summed E-state index contributed by atoms with van der Waals surface area (Å²) in [6.07, 6.45) is 31.8. The Bertz CT molecular complexity index is 839. The van der Waals surface area contributed by atoms with E-state index in [1.54, 1.807) is 0 Å². The van der Waals surface area contributed by atoms with Gasteiger partial charge in [-0.2, -0.15) is 0 Å². The van der Waals surface area contributed by atoms with E-state index in [1.807, 2.05) is 21.1 Å². The van der Waals surface area contributed by atoms with Gasteiger partial charge in [-0.15, -0.1) is 0 Å². The Labute approximate surface area is 314 Å². The predicted molar refractivity (Wildman–Crippen MR) is 211 cm³/mol. The number of quaternary nitrogens is 1. The molecule has 0 aromatic rings.